The minimum atomic E-state index is -0.278. The molecule has 0 saturated heterocycles. The Morgan fingerprint density at radius 2 is 0.656 bits per heavy atom. The summed E-state index contributed by atoms with van der Waals surface area (Å²) in [5.74, 6) is -1.11. The minimum Gasteiger partial charge on any atom is -0.273 e. The van der Waals surface area contributed by atoms with Gasteiger partial charge in [-0.15, -0.1) is 0 Å². The summed E-state index contributed by atoms with van der Waals surface area (Å²) in [6.07, 6.45) is 9.80. The molecule has 0 aromatic heterocycles. The summed E-state index contributed by atoms with van der Waals surface area (Å²) in [4.78, 5) is 44.4. The summed E-state index contributed by atoms with van der Waals surface area (Å²) in [6.45, 7) is 7.65. The van der Waals surface area contributed by atoms with Crippen molar-refractivity contribution in [1.82, 2.24) is 21.7 Å². The van der Waals surface area contributed by atoms with Gasteiger partial charge in [0, 0.05) is 50.5 Å². The Labute approximate surface area is 189 Å². The van der Waals surface area contributed by atoms with Crippen LogP contribution < -0.4 is 21.7 Å². The van der Waals surface area contributed by atoms with Crippen LogP contribution in [-0.4, -0.2) is 48.5 Å². The Hall–Kier alpha value is -3.44. The Balaban J connectivity index is 0. The summed E-state index contributed by atoms with van der Waals surface area (Å²) >= 11 is 0. The zero-order valence-corrected chi connectivity index (χ0v) is 19.4. The molecule has 0 spiro atoms. The van der Waals surface area contributed by atoms with Crippen molar-refractivity contribution < 1.29 is 19.2 Å². The predicted octanol–water partition coefficient (Wildman–Crippen LogP) is 1.58. The molecule has 4 N–H and O–H groups in total. The van der Waals surface area contributed by atoms with E-state index >= 15 is 0 Å². The highest BCUT2D eigenvalue weighted by Gasteiger charge is 2.05. The molecule has 180 valence electrons. The van der Waals surface area contributed by atoms with Gasteiger partial charge in [0.1, 0.15) is 0 Å². The number of nitrogens with zero attached hydrogens (tertiary/aromatic N) is 4. The first-order valence-electron chi connectivity index (χ1n) is 10.6. The Bertz CT molecular complexity index is 548. The second-order valence-electron chi connectivity index (χ2n) is 6.02. The van der Waals surface area contributed by atoms with Crippen molar-refractivity contribution >= 4 is 48.5 Å². The van der Waals surface area contributed by atoms with E-state index in [1.54, 1.807) is 24.9 Å². The molecular weight excluding hydrogens is 416 g/mol. The Morgan fingerprint density at radius 1 is 0.469 bits per heavy atom. The van der Waals surface area contributed by atoms with Crippen LogP contribution in [0.1, 0.15) is 79.1 Å². The van der Waals surface area contributed by atoms with Crippen molar-refractivity contribution in [3.8, 4) is 0 Å². The second-order valence-corrected chi connectivity index (χ2v) is 6.02. The van der Waals surface area contributed by atoms with Crippen molar-refractivity contribution in [3.63, 3.8) is 0 Å². The highest BCUT2D eigenvalue weighted by Crippen LogP contribution is 1.90. The zero-order chi connectivity index (χ0) is 24.5. The van der Waals surface area contributed by atoms with Crippen molar-refractivity contribution in [3.05, 3.63) is 0 Å². The molecule has 0 bridgehead atoms. The first-order chi connectivity index (χ1) is 15.4. The lowest BCUT2D eigenvalue weighted by Gasteiger charge is -1.99. The molecule has 0 fully saturated rings. The molecule has 0 radical (unpaired) electrons. The Kier molecular flexibility index (Phi) is 22.9. The molecule has 12 nitrogen and oxygen atoms in total. The summed E-state index contributed by atoms with van der Waals surface area (Å²) in [5.41, 5.74) is 9.27. The molecule has 12 heteroatoms. The average Bonchev–Trinajstić information content (AvgIpc) is 2.77. The van der Waals surface area contributed by atoms with Gasteiger partial charge in [-0.1, -0.05) is 27.7 Å². The highest BCUT2D eigenvalue weighted by molar-refractivity contribution is 5.84. The monoisotopic (exact) mass is 452 g/mol. The maximum Gasteiger partial charge on any atom is 0.240 e. The molecule has 0 saturated carbocycles. The minimum absolute atomic E-state index is 0.106. The predicted molar refractivity (Wildman–Crippen MR) is 126 cm³/mol. The summed E-state index contributed by atoms with van der Waals surface area (Å²) in [6, 6.07) is 0. The van der Waals surface area contributed by atoms with Crippen LogP contribution >= 0.6 is 0 Å². The van der Waals surface area contributed by atoms with Crippen LogP contribution in [0.25, 0.3) is 0 Å². The third kappa shape index (κ3) is 24.6. The molecule has 0 heterocycles. The normalized spacial score (nSPS) is 10.9. The number of hydrogen-bond donors (Lipinski definition) is 4. The van der Waals surface area contributed by atoms with Gasteiger partial charge in [0.2, 0.25) is 23.6 Å². The molecule has 0 atom stereocenters. The van der Waals surface area contributed by atoms with Crippen molar-refractivity contribution in [1.29, 1.82) is 0 Å². The third-order valence-corrected chi connectivity index (χ3v) is 3.01. The lowest BCUT2D eigenvalue weighted by Crippen LogP contribution is -2.22. The van der Waals surface area contributed by atoms with E-state index in [0.717, 1.165) is 25.7 Å². The van der Waals surface area contributed by atoms with E-state index in [1.165, 1.54) is 0 Å². The van der Waals surface area contributed by atoms with Crippen LogP contribution in [0.15, 0.2) is 20.4 Å². The van der Waals surface area contributed by atoms with Gasteiger partial charge in [-0.3, -0.25) is 19.2 Å². The third-order valence-electron chi connectivity index (χ3n) is 3.01. The molecule has 4 amide bonds. The molecule has 0 aliphatic carbocycles. The van der Waals surface area contributed by atoms with E-state index in [9.17, 15) is 19.2 Å². The van der Waals surface area contributed by atoms with Crippen molar-refractivity contribution in [2.75, 3.05) is 0 Å². The van der Waals surface area contributed by atoms with Crippen molar-refractivity contribution in [2.24, 2.45) is 20.4 Å². The van der Waals surface area contributed by atoms with Gasteiger partial charge in [-0.25, -0.2) is 21.7 Å². The number of nitrogens with one attached hydrogen (secondary N) is 4. The van der Waals surface area contributed by atoms with Crippen LogP contribution in [0.3, 0.4) is 0 Å². The molecule has 0 unspecified atom stereocenters. The summed E-state index contributed by atoms with van der Waals surface area (Å²) in [5, 5.41) is 14.6. The van der Waals surface area contributed by atoms with Crippen LogP contribution in [0.2, 0.25) is 0 Å². The van der Waals surface area contributed by atoms with Gasteiger partial charge in [0.15, 0.2) is 0 Å². The van der Waals surface area contributed by atoms with Gasteiger partial charge in [-0.05, 0) is 25.7 Å². The molecule has 0 aliphatic heterocycles. The molecule has 0 aromatic rings. The SMILES string of the molecule is CCC=NNC(=O)CCC(=O)NN=CCC.CCC=NNC(=O)CCC(=O)NN=CCC. The van der Waals surface area contributed by atoms with E-state index in [2.05, 4.69) is 42.1 Å². The number of hydrogen-bond acceptors (Lipinski definition) is 8. The van der Waals surface area contributed by atoms with Crippen LogP contribution in [0.5, 0.6) is 0 Å². The standard InChI is InChI=1S/2C10H18N4O2/c2*1-3-7-11-13-9(15)5-6-10(16)14-12-8-4-2/h2*7-8H,3-6H2,1-2H3,(H,13,15)(H,14,16). The fourth-order valence-electron chi connectivity index (χ4n) is 1.51. The largest absolute Gasteiger partial charge is 0.273 e. The van der Waals surface area contributed by atoms with Gasteiger partial charge in [-0.2, -0.15) is 20.4 Å². The van der Waals surface area contributed by atoms with Crippen LogP contribution in [-0.2, 0) is 19.2 Å². The van der Waals surface area contributed by atoms with Crippen LogP contribution in [0, 0.1) is 0 Å². The first kappa shape index (κ1) is 30.8. The lowest BCUT2D eigenvalue weighted by molar-refractivity contribution is -0.126. The summed E-state index contributed by atoms with van der Waals surface area (Å²) in [7, 11) is 0. The maximum absolute atomic E-state index is 11.1. The molecule has 0 aliphatic rings. The van der Waals surface area contributed by atoms with Gasteiger partial charge in [0.25, 0.3) is 0 Å². The average molecular weight is 453 g/mol. The first-order valence-corrected chi connectivity index (χ1v) is 10.6. The number of hydrazone groups is 4. The fraction of sp³-hybridized carbons (Fsp3) is 0.600. The summed E-state index contributed by atoms with van der Waals surface area (Å²) < 4.78 is 0. The van der Waals surface area contributed by atoms with E-state index < -0.39 is 0 Å². The second kappa shape index (κ2) is 23.8. The van der Waals surface area contributed by atoms with Gasteiger partial charge < -0.3 is 0 Å². The topological polar surface area (TPSA) is 166 Å². The van der Waals surface area contributed by atoms with Crippen LogP contribution in [0.4, 0.5) is 0 Å². The van der Waals surface area contributed by atoms with E-state index in [-0.39, 0.29) is 49.3 Å². The van der Waals surface area contributed by atoms with Crippen molar-refractivity contribution in [2.45, 2.75) is 79.1 Å². The number of amides is 4. The zero-order valence-electron chi connectivity index (χ0n) is 19.4. The van der Waals surface area contributed by atoms with E-state index in [1.807, 2.05) is 27.7 Å². The van der Waals surface area contributed by atoms with Gasteiger partial charge in [0.05, 0.1) is 0 Å². The number of rotatable bonds is 14. The fourth-order valence-corrected chi connectivity index (χ4v) is 1.51. The Morgan fingerprint density at radius 3 is 0.812 bits per heavy atom. The quantitative estimate of drug-likeness (QED) is 0.232. The molecule has 32 heavy (non-hydrogen) atoms. The number of carbonyl (C=O) groups is 4. The smallest absolute Gasteiger partial charge is 0.240 e. The lowest BCUT2D eigenvalue weighted by atomic mass is 10.3. The molecule has 0 rings (SSSR count). The number of carbonyl (C=O) groups excluding carboxylic acids is 4. The highest BCUT2D eigenvalue weighted by atomic mass is 16.2. The van der Waals surface area contributed by atoms with E-state index in [4.69, 9.17) is 0 Å². The molecular formula is C20H36N8O4. The maximum atomic E-state index is 11.1. The van der Waals surface area contributed by atoms with E-state index in [0.29, 0.717) is 0 Å². The van der Waals surface area contributed by atoms with Gasteiger partial charge >= 0.3 is 0 Å². The molecule has 0 aromatic carbocycles.